The number of hydrogen-bond acceptors (Lipinski definition) is 4. The van der Waals surface area contributed by atoms with Crippen molar-refractivity contribution in [2.24, 2.45) is 0 Å². The molecule has 1 amide bonds. The van der Waals surface area contributed by atoms with Crippen LogP contribution in [0.1, 0.15) is 23.7 Å². The van der Waals surface area contributed by atoms with Gasteiger partial charge in [0.25, 0.3) is 5.91 Å². The van der Waals surface area contributed by atoms with Crippen molar-refractivity contribution < 1.29 is 9.00 Å². The molecule has 0 spiro atoms. The van der Waals surface area contributed by atoms with Crippen LogP contribution < -0.4 is 5.32 Å². The Labute approximate surface area is 126 Å². The van der Waals surface area contributed by atoms with Crippen LogP contribution in [0.25, 0.3) is 0 Å². The van der Waals surface area contributed by atoms with Crippen molar-refractivity contribution in [3.05, 3.63) is 22.8 Å². The van der Waals surface area contributed by atoms with Crippen molar-refractivity contribution in [2.75, 3.05) is 36.5 Å². The fourth-order valence-corrected chi connectivity index (χ4v) is 3.20. The van der Waals surface area contributed by atoms with Gasteiger partial charge in [0.1, 0.15) is 5.82 Å². The predicted molar refractivity (Wildman–Crippen MR) is 81.8 cm³/mol. The number of nitrogens with zero attached hydrogens (tertiary/aromatic N) is 2. The third-order valence-electron chi connectivity index (χ3n) is 3.11. The normalized spacial score (nSPS) is 16.2. The molecule has 0 aromatic carbocycles. The topological polar surface area (TPSA) is 62.3 Å². The van der Waals surface area contributed by atoms with Crippen LogP contribution in [-0.4, -0.2) is 51.1 Å². The van der Waals surface area contributed by atoms with Crippen LogP contribution in [0, 0.1) is 0 Å². The van der Waals surface area contributed by atoms with Gasteiger partial charge in [-0.2, -0.15) is 0 Å². The molecule has 0 saturated carbocycles. The molecule has 1 fully saturated rings. The van der Waals surface area contributed by atoms with Gasteiger partial charge in [-0.1, -0.05) is 18.5 Å². The molecule has 1 N–H and O–H groups in total. The molecule has 5 nitrogen and oxygen atoms in total. The molecule has 110 valence electrons. The second kappa shape index (κ2) is 7.04. The molecule has 1 aliphatic rings. The van der Waals surface area contributed by atoms with E-state index in [9.17, 15) is 9.00 Å². The lowest BCUT2D eigenvalue weighted by atomic mass is 10.2. The standard InChI is InChI=1S/C13H18ClN3O2S/c1-2-3-15-12-8-10(11(14)9-16-12)13(18)17-4-6-20(19)7-5-17/h8-9H,2-7H2,1H3,(H,15,16). The maximum atomic E-state index is 12.4. The predicted octanol–water partition coefficient (Wildman–Crippen LogP) is 1.76. The Bertz CT molecular complexity index is 514. The Morgan fingerprint density at radius 2 is 2.20 bits per heavy atom. The summed E-state index contributed by atoms with van der Waals surface area (Å²) in [6.45, 7) is 3.89. The molecule has 0 bridgehead atoms. The number of halogens is 1. The SMILES string of the molecule is CCCNc1cc(C(=O)N2CCS(=O)CC2)c(Cl)cn1. The molecule has 2 rings (SSSR count). The smallest absolute Gasteiger partial charge is 0.255 e. The van der Waals surface area contributed by atoms with E-state index in [1.807, 2.05) is 0 Å². The lowest BCUT2D eigenvalue weighted by molar-refractivity contribution is 0.0771. The number of anilines is 1. The Morgan fingerprint density at radius 1 is 1.50 bits per heavy atom. The first-order valence-electron chi connectivity index (χ1n) is 6.65. The minimum Gasteiger partial charge on any atom is -0.370 e. The molecule has 0 unspecified atom stereocenters. The number of rotatable bonds is 4. The fraction of sp³-hybridized carbons (Fsp3) is 0.538. The molecule has 0 aliphatic carbocycles. The van der Waals surface area contributed by atoms with E-state index in [4.69, 9.17) is 11.6 Å². The molecule has 0 radical (unpaired) electrons. The first-order valence-corrected chi connectivity index (χ1v) is 8.52. The van der Waals surface area contributed by atoms with Gasteiger partial charge in [0.05, 0.1) is 10.6 Å². The summed E-state index contributed by atoms with van der Waals surface area (Å²) in [5.74, 6) is 1.61. The van der Waals surface area contributed by atoms with E-state index in [0.717, 1.165) is 13.0 Å². The van der Waals surface area contributed by atoms with Crippen LogP contribution in [0.15, 0.2) is 12.3 Å². The number of pyridine rings is 1. The summed E-state index contributed by atoms with van der Waals surface area (Å²) in [7, 11) is -0.799. The van der Waals surface area contributed by atoms with Gasteiger partial charge in [-0.05, 0) is 12.5 Å². The van der Waals surface area contributed by atoms with Crippen molar-refractivity contribution in [1.29, 1.82) is 0 Å². The van der Waals surface area contributed by atoms with Gasteiger partial charge in [0.15, 0.2) is 0 Å². The van der Waals surface area contributed by atoms with Gasteiger partial charge in [0, 0.05) is 48.1 Å². The van der Waals surface area contributed by atoms with Crippen LogP contribution >= 0.6 is 11.6 Å². The zero-order valence-electron chi connectivity index (χ0n) is 11.4. The Morgan fingerprint density at radius 3 is 2.85 bits per heavy atom. The molecule has 2 heterocycles. The van der Waals surface area contributed by atoms with E-state index >= 15 is 0 Å². The van der Waals surface area contributed by atoms with E-state index in [-0.39, 0.29) is 5.91 Å². The average molecular weight is 316 g/mol. The van der Waals surface area contributed by atoms with Gasteiger partial charge in [-0.25, -0.2) is 4.98 Å². The van der Waals surface area contributed by atoms with Gasteiger partial charge >= 0.3 is 0 Å². The first-order chi connectivity index (χ1) is 9.61. The monoisotopic (exact) mass is 315 g/mol. The van der Waals surface area contributed by atoms with E-state index in [2.05, 4.69) is 17.2 Å². The number of hydrogen-bond donors (Lipinski definition) is 1. The molecule has 0 atom stereocenters. The van der Waals surface area contributed by atoms with Crippen molar-refractivity contribution >= 4 is 34.1 Å². The Balaban J connectivity index is 2.13. The zero-order valence-corrected chi connectivity index (χ0v) is 13.0. The summed E-state index contributed by atoms with van der Waals surface area (Å²) in [5.41, 5.74) is 0.452. The number of amides is 1. The van der Waals surface area contributed by atoms with E-state index in [1.54, 1.807) is 11.0 Å². The molecular weight excluding hydrogens is 298 g/mol. The second-order valence-corrected chi connectivity index (χ2v) is 6.72. The lowest BCUT2D eigenvalue weighted by Crippen LogP contribution is -2.41. The number of nitrogens with one attached hydrogen (secondary N) is 1. The van der Waals surface area contributed by atoms with Crippen LogP contribution in [0.4, 0.5) is 5.82 Å². The van der Waals surface area contributed by atoms with E-state index < -0.39 is 10.8 Å². The molecule has 1 aromatic heterocycles. The van der Waals surface area contributed by atoms with E-state index in [1.165, 1.54) is 6.20 Å². The highest BCUT2D eigenvalue weighted by molar-refractivity contribution is 7.85. The molecule has 20 heavy (non-hydrogen) atoms. The maximum Gasteiger partial charge on any atom is 0.255 e. The van der Waals surface area contributed by atoms with Crippen LogP contribution in [0.2, 0.25) is 5.02 Å². The minimum absolute atomic E-state index is 0.117. The molecule has 1 aromatic rings. The van der Waals surface area contributed by atoms with Crippen molar-refractivity contribution in [1.82, 2.24) is 9.88 Å². The van der Waals surface area contributed by atoms with Gasteiger partial charge < -0.3 is 10.2 Å². The van der Waals surface area contributed by atoms with Crippen LogP contribution in [-0.2, 0) is 10.8 Å². The highest BCUT2D eigenvalue weighted by Crippen LogP contribution is 2.20. The summed E-state index contributed by atoms with van der Waals surface area (Å²) < 4.78 is 11.3. The largest absolute Gasteiger partial charge is 0.370 e. The van der Waals surface area contributed by atoms with Gasteiger partial charge in [0.2, 0.25) is 0 Å². The average Bonchev–Trinajstić information content (AvgIpc) is 2.46. The second-order valence-electron chi connectivity index (χ2n) is 4.62. The first kappa shape index (κ1) is 15.3. The summed E-state index contributed by atoms with van der Waals surface area (Å²) in [6.07, 6.45) is 2.47. The van der Waals surface area contributed by atoms with Crippen LogP contribution in [0.5, 0.6) is 0 Å². The van der Waals surface area contributed by atoms with Crippen molar-refractivity contribution in [3.63, 3.8) is 0 Å². The van der Waals surface area contributed by atoms with Crippen LogP contribution in [0.3, 0.4) is 0 Å². The summed E-state index contributed by atoms with van der Waals surface area (Å²) >= 11 is 6.08. The Hall–Kier alpha value is -1.14. The highest BCUT2D eigenvalue weighted by atomic mass is 35.5. The van der Waals surface area contributed by atoms with Crippen molar-refractivity contribution in [2.45, 2.75) is 13.3 Å². The highest BCUT2D eigenvalue weighted by Gasteiger charge is 2.23. The molecule has 1 aliphatic heterocycles. The summed E-state index contributed by atoms with van der Waals surface area (Å²) in [5, 5.41) is 3.49. The molecule has 7 heteroatoms. The third-order valence-corrected chi connectivity index (χ3v) is 4.68. The summed E-state index contributed by atoms with van der Waals surface area (Å²) in [4.78, 5) is 18.3. The fourth-order valence-electron chi connectivity index (χ4n) is 1.96. The maximum absolute atomic E-state index is 12.4. The van der Waals surface area contributed by atoms with Gasteiger partial charge in [-0.15, -0.1) is 0 Å². The Kier molecular flexibility index (Phi) is 5.37. The minimum atomic E-state index is -0.799. The van der Waals surface area contributed by atoms with Gasteiger partial charge in [-0.3, -0.25) is 9.00 Å². The van der Waals surface area contributed by atoms with Crippen molar-refractivity contribution in [3.8, 4) is 0 Å². The number of carbonyl (C=O) groups excluding carboxylic acids is 1. The lowest BCUT2D eigenvalue weighted by Gasteiger charge is -2.26. The number of carbonyl (C=O) groups is 1. The molecule has 1 saturated heterocycles. The quantitative estimate of drug-likeness (QED) is 0.919. The third kappa shape index (κ3) is 3.70. The van der Waals surface area contributed by atoms with E-state index in [0.29, 0.717) is 41.0 Å². The molecular formula is C13H18ClN3O2S. The summed E-state index contributed by atoms with van der Waals surface area (Å²) in [6, 6.07) is 1.69. The zero-order chi connectivity index (χ0) is 14.5. The number of aromatic nitrogens is 1.